The lowest BCUT2D eigenvalue weighted by atomic mass is 10.3. The van der Waals surface area contributed by atoms with Gasteiger partial charge in [-0.2, -0.15) is 0 Å². The Balaban J connectivity index is 2.52. The molecule has 0 radical (unpaired) electrons. The van der Waals surface area contributed by atoms with E-state index >= 15 is 0 Å². The van der Waals surface area contributed by atoms with Crippen LogP contribution in [-0.2, 0) is 0 Å². The summed E-state index contributed by atoms with van der Waals surface area (Å²) in [6, 6.07) is 7.35. The predicted molar refractivity (Wildman–Crippen MR) is 49.8 cm³/mol. The zero-order chi connectivity index (χ0) is 8.97. The number of benzene rings is 1. The number of halogens is 1. The van der Waals surface area contributed by atoms with Crippen LogP contribution in [0, 0.1) is 0 Å². The van der Waals surface area contributed by atoms with Crippen molar-refractivity contribution >= 4 is 15.9 Å². The van der Waals surface area contributed by atoms with Gasteiger partial charge in [-0.05, 0) is 18.2 Å². The lowest BCUT2D eigenvalue weighted by molar-refractivity contribution is 0.113. The molecule has 1 rings (SSSR count). The molecular weight excluding hydrogens is 222 g/mol. The maximum absolute atomic E-state index is 8.72. The summed E-state index contributed by atoms with van der Waals surface area (Å²) in [7, 11) is 0. The van der Waals surface area contributed by atoms with Crippen LogP contribution in [0.4, 0.5) is 0 Å². The van der Waals surface area contributed by atoms with Crippen molar-refractivity contribution in [2.24, 2.45) is 5.73 Å². The molecule has 0 amide bonds. The summed E-state index contributed by atoms with van der Waals surface area (Å²) in [5.74, 6) is 0.689. The Bertz CT molecular complexity index is 253. The average Bonchev–Trinajstić information content (AvgIpc) is 2.01. The minimum atomic E-state index is -0.927. The Labute approximate surface area is 79.3 Å². The molecule has 0 saturated heterocycles. The highest BCUT2D eigenvalue weighted by Gasteiger charge is 1.97. The van der Waals surface area contributed by atoms with E-state index in [1.54, 1.807) is 6.07 Å². The summed E-state index contributed by atoms with van der Waals surface area (Å²) >= 11 is 3.30. The van der Waals surface area contributed by atoms with Gasteiger partial charge < -0.3 is 15.6 Å². The zero-order valence-electron chi connectivity index (χ0n) is 6.40. The number of hydrogen-bond donors (Lipinski definition) is 2. The Morgan fingerprint density at radius 1 is 1.58 bits per heavy atom. The molecule has 1 aromatic rings. The minimum absolute atomic E-state index is 0.108. The summed E-state index contributed by atoms with van der Waals surface area (Å²) in [4.78, 5) is 0. The van der Waals surface area contributed by atoms with Crippen molar-refractivity contribution in [1.82, 2.24) is 0 Å². The molecule has 0 bridgehead atoms. The van der Waals surface area contributed by atoms with Crippen molar-refractivity contribution < 1.29 is 9.84 Å². The first kappa shape index (κ1) is 9.51. The van der Waals surface area contributed by atoms with Gasteiger partial charge in [-0.25, -0.2) is 0 Å². The van der Waals surface area contributed by atoms with Crippen molar-refractivity contribution in [3.63, 3.8) is 0 Å². The van der Waals surface area contributed by atoms with E-state index < -0.39 is 6.23 Å². The molecule has 66 valence electrons. The fraction of sp³-hybridized carbons (Fsp3) is 0.250. The molecule has 1 aromatic carbocycles. The van der Waals surface area contributed by atoms with Gasteiger partial charge in [0.1, 0.15) is 18.6 Å². The molecule has 0 fully saturated rings. The van der Waals surface area contributed by atoms with Crippen LogP contribution in [0.2, 0.25) is 0 Å². The second-order valence-electron chi connectivity index (χ2n) is 2.34. The SMILES string of the molecule is NC(O)COc1cccc(Br)c1. The number of aliphatic hydroxyl groups excluding tert-OH is 1. The number of hydrogen-bond acceptors (Lipinski definition) is 3. The van der Waals surface area contributed by atoms with Crippen LogP contribution in [0.15, 0.2) is 28.7 Å². The smallest absolute Gasteiger partial charge is 0.136 e. The fourth-order valence-corrected chi connectivity index (χ4v) is 1.12. The lowest BCUT2D eigenvalue weighted by Gasteiger charge is -2.07. The van der Waals surface area contributed by atoms with Gasteiger partial charge in [-0.1, -0.05) is 22.0 Å². The first-order valence-electron chi connectivity index (χ1n) is 3.50. The summed E-state index contributed by atoms with van der Waals surface area (Å²) in [5.41, 5.74) is 5.10. The lowest BCUT2D eigenvalue weighted by Crippen LogP contribution is -2.26. The van der Waals surface area contributed by atoms with Gasteiger partial charge in [0.05, 0.1) is 0 Å². The Kier molecular flexibility index (Phi) is 3.52. The van der Waals surface area contributed by atoms with Gasteiger partial charge in [0.25, 0.3) is 0 Å². The molecule has 4 heteroatoms. The van der Waals surface area contributed by atoms with Gasteiger partial charge in [0.15, 0.2) is 0 Å². The molecule has 0 aliphatic rings. The predicted octanol–water partition coefficient (Wildman–Crippen LogP) is 1.10. The Morgan fingerprint density at radius 2 is 2.33 bits per heavy atom. The molecule has 0 heterocycles. The third kappa shape index (κ3) is 3.21. The van der Waals surface area contributed by atoms with Crippen molar-refractivity contribution in [2.45, 2.75) is 6.23 Å². The van der Waals surface area contributed by atoms with Crippen molar-refractivity contribution in [3.8, 4) is 5.75 Å². The zero-order valence-corrected chi connectivity index (χ0v) is 7.99. The van der Waals surface area contributed by atoms with E-state index in [-0.39, 0.29) is 6.61 Å². The van der Waals surface area contributed by atoms with Crippen molar-refractivity contribution in [1.29, 1.82) is 0 Å². The van der Waals surface area contributed by atoms with Crippen LogP contribution in [-0.4, -0.2) is 17.9 Å². The van der Waals surface area contributed by atoms with Crippen LogP contribution in [0.25, 0.3) is 0 Å². The van der Waals surface area contributed by atoms with Gasteiger partial charge in [0, 0.05) is 4.47 Å². The number of nitrogens with two attached hydrogens (primary N) is 1. The number of ether oxygens (including phenoxy) is 1. The molecule has 0 saturated carbocycles. The number of rotatable bonds is 3. The highest BCUT2D eigenvalue weighted by atomic mass is 79.9. The van der Waals surface area contributed by atoms with Gasteiger partial charge in [-0.15, -0.1) is 0 Å². The van der Waals surface area contributed by atoms with Gasteiger partial charge in [-0.3, -0.25) is 0 Å². The van der Waals surface area contributed by atoms with Crippen LogP contribution >= 0.6 is 15.9 Å². The second kappa shape index (κ2) is 4.45. The monoisotopic (exact) mass is 231 g/mol. The van der Waals surface area contributed by atoms with Crippen molar-refractivity contribution in [3.05, 3.63) is 28.7 Å². The molecule has 0 aliphatic carbocycles. The van der Waals surface area contributed by atoms with Crippen LogP contribution < -0.4 is 10.5 Å². The molecule has 1 atom stereocenters. The summed E-state index contributed by atoms with van der Waals surface area (Å²) in [6.45, 7) is 0.108. The normalized spacial score (nSPS) is 12.6. The molecule has 0 aromatic heterocycles. The van der Waals surface area contributed by atoms with E-state index in [0.717, 1.165) is 4.47 Å². The molecule has 12 heavy (non-hydrogen) atoms. The van der Waals surface area contributed by atoms with Gasteiger partial charge in [0.2, 0.25) is 0 Å². The van der Waals surface area contributed by atoms with Crippen LogP contribution in [0.1, 0.15) is 0 Å². The molecule has 0 spiro atoms. The average molecular weight is 232 g/mol. The molecule has 0 aliphatic heterocycles. The summed E-state index contributed by atoms with van der Waals surface area (Å²) < 4.78 is 6.08. The third-order valence-electron chi connectivity index (χ3n) is 1.22. The highest BCUT2D eigenvalue weighted by Crippen LogP contribution is 2.17. The molecule has 3 N–H and O–H groups in total. The Morgan fingerprint density at radius 3 is 2.92 bits per heavy atom. The van der Waals surface area contributed by atoms with Gasteiger partial charge >= 0.3 is 0 Å². The molecule has 1 unspecified atom stereocenters. The Hall–Kier alpha value is -0.580. The first-order chi connectivity index (χ1) is 5.68. The second-order valence-corrected chi connectivity index (χ2v) is 3.25. The minimum Gasteiger partial charge on any atom is -0.489 e. The summed E-state index contributed by atoms with van der Waals surface area (Å²) in [5, 5.41) is 8.72. The van der Waals surface area contributed by atoms with E-state index in [1.807, 2.05) is 18.2 Å². The number of aliphatic hydroxyl groups is 1. The maximum Gasteiger partial charge on any atom is 0.136 e. The standard InChI is InChI=1S/C8H10BrNO2/c9-6-2-1-3-7(4-6)12-5-8(10)11/h1-4,8,11H,5,10H2. The topological polar surface area (TPSA) is 55.5 Å². The highest BCUT2D eigenvalue weighted by molar-refractivity contribution is 9.10. The first-order valence-corrected chi connectivity index (χ1v) is 4.30. The van der Waals surface area contributed by atoms with E-state index in [9.17, 15) is 0 Å². The quantitative estimate of drug-likeness (QED) is 0.767. The van der Waals surface area contributed by atoms with E-state index in [4.69, 9.17) is 15.6 Å². The molecular formula is C8H10BrNO2. The van der Waals surface area contributed by atoms with E-state index in [2.05, 4.69) is 15.9 Å². The van der Waals surface area contributed by atoms with Crippen LogP contribution in [0.3, 0.4) is 0 Å². The van der Waals surface area contributed by atoms with E-state index in [0.29, 0.717) is 5.75 Å². The van der Waals surface area contributed by atoms with E-state index in [1.165, 1.54) is 0 Å². The third-order valence-corrected chi connectivity index (χ3v) is 1.71. The van der Waals surface area contributed by atoms with Crippen LogP contribution in [0.5, 0.6) is 5.75 Å². The summed E-state index contributed by atoms with van der Waals surface area (Å²) in [6.07, 6.45) is -0.927. The molecule has 3 nitrogen and oxygen atoms in total. The van der Waals surface area contributed by atoms with Crippen molar-refractivity contribution in [2.75, 3.05) is 6.61 Å². The maximum atomic E-state index is 8.72. The fourth-order valence-electron chi connectivity index (χ4n) is 0.738. The largest absolute Gasteiger partial charge is 0.489 e.